The molecule has 1 atom stereocenters. The fourth-order valence-electron chi connectivity index (χ4n) is 6.36. The monoisotopic (exact) mass is 587 g/mol. The van der Waals surface area contributed by atoms with Crippen LogP contribution in [-0.2, 0) is 21.4 Å². The number of aliphatic carboxylic acids is 1. The van der Waals surface area contributed by atoms with Gasteiger partial charge in [-0.3, -0.25) is 15.2 Å². The van der Waals surface area contributed by atoms with Crippen LogP contribution in [0.1, 0.15) is 55.7 Å². The SMILES string of the molecule is CNC(=O)N1CCC(NC2CCOCC2)=C(C(=N)N2CCCc3cc(C4(C)C=NN(CC(=O)O)C4)c(C(F)F)cc32)C1. The van der Waals surface area contributed by atoms with Crippen molar-refractivity contribution in [3.8, 4) is 0 Å². The van der Waals surface area contributed by atoms with Crippen LogP contribution in [0.15, 0.2) is 28.5 Å². The number of aryl methyl sites for hydroxylation is 1. The van der Waals surface area contributed by atoms with E-state index < -0.39 is 17.8 Å². The third-order valence-corrected chi connectivity index (χ3v) is 8.56. The molecule has 0 bridgehead atoms. The molecule has 1 saturated heterocycles. The molecule has 228 valence electrons. The van der Waals surface area contributed by atoms with Crippen LogP contribution < -0.4 is 15.5 Å². The highest BCUT2D eigenvalue weighted by Gasteiger charge is 2.38. The van der Waals surface area contributed by atoms with Gasteiger partial charge in [0.2, 0.25) is 0 Å². The number of carbonyl (C=O) groups excluding carboxylic acids is 1. The Balaban J connectivity index is 1.49. The molecule has 0 saturated carbocycles. The van der Waals surface area contributed by atoms with Gasteiger partial charge in [0.1, 0.15) is 12.4 Å². The third-order valence-electron chi connectivity index (χ3n) is 8.56. The Kier molecular flexibility index (Phi) is 8.67. The molecule has 11 nitrogen and oxygen atoms in total. The van der Waals surface area contributed by atoms with E-state index in [0.717, 1.165) is 30.5 Å². The summed E-state index contributed by atoms with van der Waals surface area (Å²) >= 11 is 0. The maximum Gasteiger partial charge on any atom is 0.324 e. The van der Waals surface area contributed by atoms with Crippen molar-refractivity contribution in [2.24, 2.45) is 5.10 Å². The van der Waals surface area contributed by atoms with Crippen molar-refractivity contribution >= 4 is 29.7 Å². The van der Waals surface area contributed by atoms with Crippen LogP contribution in [0.3, 0.4) is 0 Å². The zero-order chi connectivity index (χ0) is 30.0. The first-order valence-electron chi connectivity index (χ1n) is 14.5. The summed E-state index contributed by atoms with van der Waals surface area (Å²) in [5, 5.41) is 30.4. The molecule has 4 heterocycles. The number of carbonyl (C=O) groups is 2. The van der Waals surface area contributed by atoms with Gasteiger partial charge in [-0.1, -0.05) is 6.07 Å². The molecule has 0 aliphatic carbocycles. The van der Waals surface area contributed by atoms with Gasteiger partial charge < -0.3 is 30.3 Å². The topological polar surface area (TPSA) is 134 Å². The minimum absolute atomic E-state index is 0.148. The number of carboxylic acids is 1. The molecule has 1 unspecified atom stereocenters. The van der Waals surface area contributed by atoms with Gasteiger partial charge >= 0.3 is 12.0 Å². The number of amidine groups is 1. The van der Waals surface area contributed by atoms with Crippen LogP contribution in [0.5, 0.6) is 0 Å². The lowest BCUT2D eigenvalue weighted by molar-refractivity contribution is -0.138. The summed E-state index contributed by atoms with van der Waals surface area (Å²) in [5.41, 5.74) is 2.42. The van der Waals surface area contributed by atoms with Gasteiger partial charge in [0.15, 0.2) is 0 Å². The Bertz CT molecular complexity index is 1300. The Labute approximate surface area is 244 Å². The fraction of sp³-hybridized carbons (Fsp3) is 0.586. The van der Waals surface area contributed by atoms with Gasteiger partial charge in [-0.15, -0.1) is 0 Å². The van der Waals surface area contributed by atoms with Gasteiger partial charge in [0.05, 0.1) is 13.1 Å². The predicted molar refractivity (Wildman–Crippen MR) is 154 cm³/mol. The molecule has 1 aromatic rings. The first kappa shape index (κ1) is 29.7. The number of nitrogens with one attached hydrogen (secondary N) is 3. The highest BCUT2D eigenvalue weighted by atomic mass is 19.3. The Hall–Kier alpha value is -3.74. The number of hydrazone groups is 1. The van der Waals surface area contributed by atoms with Crippen LogP contribution in [0.25, 0.3) is 0 Å². The first-order chi connectivity index (χ1) is 20.1. The smallest absolute Gasteiger partial charge is 0.324 e. The Morgan fingerprint density at radius 1 is 1.24 bits per heavy atom. The van der Waals surface area contributed by atoms with Crippen molar-refractivity contribution < 1.29 is 28.2 Å². The largest absolute Gasteiger partial charge is 0.480 e. The number of halogens is 2. The van der Waals surface area contributed by atoms with E-state index >= 15 is 0 Å². The number of ether oxygens (including phenoxy) is 1. The number of urea groups is 1. The maximum atomic E-state index is 14.6. The molecule has 4 aliphatic heterocycles. The minimum atomic E-state index is -2.77. The molecule has 42 heavy (non-hydrogen) atoms. The van der Waals surface area contributed by atoms with E-state index in [1.807, 2.05) is 0 Å². The zero-order valence-electron chi connectivity index (χ0n) is 24.1. The number of hydrogen-bond donors (Lipinski definition) is 4. The van der Waals surface area contributed by atoms with Crippen LogP contribution in [0.2, 0.25) is 0 Å². The molecule has 1 aromatic carbocycles. The molecule has 4 aliphatic rings. The van der Waals surface area contributed by atoms with Crippen molar-refractivity contribution in [3.63, 3.8) is 0 Å². The summed E-state index contributed by atoms with van der Waals surface area (Å²) in [6.07, 6.45) is 2.44. The summed E-state index contributed by atoms with van der Waals surface area (Å²) < 4.78 is 34.7. The molecule has 5 rings (SSSR count). The quantitative estimate of drug-likeness (QED) is 0.285. The Morgan fingerprint density at radius 3 is 2.69 bits per heavy atom. The van der Waals surface area contributed by atoms with Crippen LogP contribution in [0.4, 0.5) is 19.3 Å². The summed E-state index contributed by atoms with van der Waals surface area (Å²) in [6.45, 7) is 4.24. The second-order valence-electron chi connectivity index (χ2n) is 11.6. The number of benzene rings is 1. The third kappa shape index (κ3) is 6.06. The lowest BCUT2D eigenvalue weighted by Gasteiger charge is -2.39. The van der Waals surface area contributed by atoms with Crippen LogP contribution in [0, 0.1) is 5.41 Å². The molecule has 0 radical (unpaired) electrons. The molecule has 0 spiro atoms. The molecule has 1 fully saturated rings. The number of hydrogen-bond acceptors (Lipinski definition) is 7. The van der Waals surface area contributed by atoms with E-state index in [9.17, 15) is 28.9 Å². The van der Waals surface area contributed by atoms with Crippen molar-refractivity contribution in [3.05, 3.63) is 40.1 Å². The first-order valence-corrected chi connectivity index (χ1v) is 14.5. The van der Waals surface area contributed by atoms with Gasteiger partial charge in [-0.05, 0) is 49.8 Å². The van der Waals surface area contributed by atoms with Crippen molar-refractivity contribution in [1.29, 1.82) is 5.41 Å². The number of amides is 2. The minimum Gasteiger partial charge on any atom is -0.480 e. The highest BCUT2D eigenvalue weighted by Crippen LogP contribution is 2.41. The summed E-state index contributed by atoms with van der Waals surface area (Å²) in [7, 11) is 1.58. The summed E-state index contributed by atoms with van der Waals surface area (Å²) in [4.78, 5) is 27.2. The van der Waals surface area contributed by atoms with E-state index in [1.54, 1.807) is 36.1 Å². The molecule has 0 aromatic heterocycles. The van der Waals surface area contributed by atoms with E-state index in [4.69, 9.17) is 4.74 Å². The lowest BCUT2D eigenvalue weighted by atomic mass is 9.79. The fourth-order valence-corrected chi connectivity index (χ4v) is 6.36. The van der Waals surface area contributed by atoms with Crippen LogP contribution >= 0.6 is 0 Å². The van der Waals surface area contributed by atoms with E-state index in [1.165, 1.54) is 11.1 Å². The number of fused-ring (bicyclic) bond motifs is 1. The maximum absolute atomic E-state index is 14.6. The standard InChI is InChI=1S/C29H39F2N7O4/c1-29(16-34-37(17-29)15-25(39)40)22-12-18-4-3-8-38(24(18)13-20(22)26(30)31)27(32)21-14-36(28(41)33-2)9-5-23(21)35-19-6-10-42-11-7-19/h12-13,16,19,26,32,35H,3-11,14-15,17H2,1-2H3,(H,33,41)(H,39,40). The second kappa shape index (κ2) is 12.2. The number of rotatable bonds is 7. The number of alkyl halides is 2. The van der Waals surface area contributed by atoms with Crippen molar-refractivity contribution in [2.75, 3.05) is 57.9 Å². The molecule has 2 amide bonds. The van der Waals surface area contributed by atoms with Gasteiger partial charge in [-0.2, -0.15) is 5.10 Å². The van der Waals surface area contributed by atoms with E-state index in [2.05, 4.69) is 15.7 Å². The van der Waals surface area contributed by atoms with Crippen LogP contribution in [-0.4, -0.2) is 98.1 Å². The van der Waals surface area contributed by atoms with E-state index in [-0.39, 0.29) is 43.1 Å². The average Bonchev–Trinajstić information content (AvgIpc) is 3.36. The number of nitrogens with zero attached hydrogens (tertiary/aromatic N) is 4. The van der Waals surface area contributed by atoms with Crippen molar-refractivity contribution in [2.45, 2.75) is 56.9 Å². The van der Waals surface area contributed by atoms with Gasteiger partial charge in [0, 0.05) is 80.0 Å². The molecule has 4 N–H and O–H groups in total. The molecular weight excluding hydrogens is 548 g/mol. The average molecular weight is 588 g/mol. The second-order valence-corrected chi connectivity index (χ2v) is 11.6. The summed E-state index contributed by atoms with van der Waals surface area (Å²) in [5.74, 6) is -0.837. The highest BCUT2D eigenvalue weighted by molar-refractivity contribution is 6.09. The van der Waals surface area contributed by atoms with Gasteiger partial charge in [-0.25, -0.2) is 13.6 Å². The Morgan fingerprint density at radius 2 is 2.00 bits per heavy atom. The number of anilines is 1. The van der Waals surface area contributed by atoms with E-state index in [0.29, 0.717) is 56.0 Å². The van der Waals surface area contributed by atoms with Crippen molar-refractivity contribution in [1.82, 2.24) is 20.5 Å². The lowest BCUT2D eigenvalue weighted by Crippen LogP contribution is -2.49. The molecule has 13 heteroatoms. The summed E-state index contributed by atoms with van der Waals surface area (Å²) in [6, 6.07) is 3.27. The molecular formula is C29H39F2N7O4. The van der Waals surface area contributed by atoms with Gasteiger partial charge in [0.25, 0.3) is 6.43 Å². The number of carboxylic acid groups (broad SMARTS) is 1. The zero-order valence-corrected chi connectivity index (χ0v) is 24.1. The predicted octanol–water partition coefficient (Wildman–Crippen LogP) is 3.07. The normalized spacial score (nSPS) is 22.9.